The van der Waals surface area contributed by atoms with Gasteiger partial charge < -0.3 is 9.64 Å². The third-order valence-corrected chi connectivity index (χ3v) is 6.23. The first-order valence-electron chi connectivity index (χ1n) is 12.5. The lowest BCUT2D eigenvalue weighted by Gasteiger charge is -2.32. The number of hydrogen-bond donors (Lipinski definition) is 0. The van der Waals surface area contributed by atoms with Crippen LogP contribution in [-0.2, 0) is 4.79 Å². The highest BCUT2D eigenvalue weighted by Crippen LogP contribution is 2.30. The van der Waals surface area contributed by atoms with Crippen molar-refractivity contribution in [3.05, 3.63) is 64.7 Å². The standard InChI is InChI=1S/C28H37N3O3/c1-5-8-9-14-20-30(26(32)15-6-2)23(7-3)27-29-22-17-11-10-16-21(22)28(33)31(27)24-18-12-13-19-25(24)34-4/h10-13,16-19,23H,5-9,14-15,20H2,1-4H3. The van der Waals surface area contributed by atoms with Crippen molar-refractivity contribution in [2.45, 2.75) is 71.8 Å². The van der Waals surface area contributed by atoms with Gasteiger partial charge in [0.1, 0.15) is 11.6 Å². The number of carbonyl (C=O) groups is 1. The van der Waals surface area contributed by atoms with Crippen LogP contribution in [0.15, 0.2) is 53.3 Å². The maximum Gasteiger partial charge on any atom is 0.266 e. The molecule has 2 aromatic carbocycles. The Hall–Kier alpha value is -3.15. The van der Waals surface area contributed by atoms with Crippen LogP contribution in [0, 0.1) is 0 Å². The molecule has 1 amide bonds. The average Bonchev–Trinajstić information content (AvgIpc) is 2.86. The molecule has 0 aliphatic rings. The van der Waals surface area contributed by atoms with E-state index in [0.717, 1.165) is 32.1 Å². The van der Waals surface area contributed by atoms with E-state index >= 15 is 0 Å². The number of rotatable bonds is 12. The highest BCUT2D eigenvalue weighted by atomic mass is 16.5. The predicted octanol–water partition coefficient (Wildman–Crippen LogP) is 6.05. The van der Waals surface area contributed by atoms with E-state index < -0.39 is 0 Å². The van der Waals surface area contributed by atoms with Gasteiger partial charge in [-0.15, -0.1) is 0 Å². The van der Waals surface area contributed by atoms with Gasteiger partial charge in [-0.3, -0.25) is 14.2 Å². The largest absolute Gasteiger partial charge is 0.495 e. The van der Waals surface area contributed by atoms with Gasteiger partial charge in [-0.05, 0) is 43.5 Å². The van der Waals surface area contributed by atoms with E-state index in [9.17, 15) is 9.59 Å². The van der Waals surface area contributed by atoms with Gasteiger partial charge in [0.05, 0.1) is 29.7 Å². The van der Waals surface area contributed by atoms with Crippen LogP contribution in [0.2, 0.25) is 0 Å². The number of para-hydroxylation sites is 3. The number of hydrogen-bond acceptors (Lipinski definition) is 4. The highest BCUT2D eigenvalue weighted by molar-refractivity contribution is 5.79. The molecule has 0 saturated carbocycles. The molecule has 0 N–H and O–H groups in total. The summed E-state index contributed by atoms with van der Waals surface area (Å²) in [5.74, 6) is 1.28. The Labute approximate surface area is 202 Å². The monoisotopic (exact) mass is 463 g/mol. The summed E-state index contributed by atoms with van der Waals surface area (Å²) in [6.45, 7) is 6.91. The lowest BCUT2D eigenvalue weighted by Crippen LogP contribution is -2.39. The van der Waals surface area contributed by atoms with E-state index in [1.54, 1.807) is 17.7 Å². The maximum absolute atomic E-state index is 13.8. The van der Waals surface area contributed by atoms with E-state index in [4.69, 9.17) is 9.72 Å². The van der Waals surface area contributed by atoms with Crippen molar-refractivity contribution in [2.24, 2.45) is 0 Å². The lowest BCUT2D eigenvalue weighted by atomic mass is 10.1. The van der Waals surface area contributed by atoms with Gasteiger partial charge in [0, 0.05) is 13.0 Å². The number of methoxy groups -OCH3 is 1. The molecule has 1 unspecified atom stereocenters. The zero-order valence-corrected chi connectivity index (χ0v) is 20.9. The van der Waals surface area contributed by atoms with Crippen LogP contribution >= 0.6 is 0 Å². The second-order valence-electron chi connectivity index (χ2n) is 8.62. The number of nitrogens with zero attached hydrogens (tertiary/aromatic N) is 3. The normalized spacial score (nSPS) is 12.0. The van der Waals surface area contributed by atoms with E-state index in [1.165, 1.54) is 0 Å². The Kier molecular flexibility index (Phi) is 9.25. The zero-order chi connectivity index (χ0) is 24.5. The van der Waals surface area contributed by atoms with Crippen LogP contribution in [0.25, 0.3) is 16.6 Å². The molecule has 0 bridgehead atoms. The van der Waals surface area contributed by atoms with Crippen LogP contribution in [-0.4, -0.2) is 34.0 Å². The summed E-state index contributed by atoms with van der Waals surface area (Å²) in [6, 6.07) is 14.5. The highest BCUT2D eigenvalue weighted by Gasteiger charge is 2.29. The number of aromatic nitrogens is 2. The number of amides is 1. The fraction of sp³-hybridized carbons (Fsp3) is 0.464. The molecule has 182 valence electrons. The van der Waals surface area contributed by atoms with Crippen molar-refractivity contribution >= 4 is 16.8 Å². The predicted molar refractivity (Wildman–Crippen MR) is 138 cm³/mol. The molecule has 6 nitrogen and oxygen atoms in total. The van der Waals surface area contributed by atoms with E-state index in [-0.39, 0.29) is 17.5 Å². The van der Waals surface area contributed by atoms with Crippen LogP contribution in [0.3, 0.4) is 0 Å². The van der Waals surface area contributed by atoms with Crippen molar-refractivity contribution in [1.29, 1.82) is 0 Å². The SMILES string of the molecule is CCCCCCN(C(=O)CCC)C(CC)c1nc2ccccc2c(=O)n1-c1ccccc1OC. The van der Waals surface area contributed by atoms with Crippen molar-refractivity contribution in [1.82, 2.24) is 14.5 Å². The molecular weight excluding hydrogens is 426 g/mol. The first-order chi connectivity index (χ1) is 16.6. The summed E-state index contributed by atoms with van der Waals surface area (Å²) in [5.41, 5.74) is 1.12. The van der Waals surface area contributed by atoms with Crippen molar-refractivity contribution in [3.8, 4) is 11.4 Å². The Morgan fingerprint density at radius 2 is 1.74 bits per heavy atom. The average molecular weight is 464 g/mol. The van der Waals surface area contributed by atoms with Gasteiger partial charge in [0.2, 0.25) is 5.91 Å². The first-order valence-corrected chi connectivity index (χ1v) is 12.5. The summed E-state index contributed by atoms with van der Waals surface area (Å²) in [6.07, 6.45) is 6.22. The quantitative estimate of drug-likeness (QED) is 0.307. The third kappa shape index (κ3) is 5.49. The molecule has 0 fully saturated rings. The molecule has 3 aromatic rings. The number of fused-ring (bicyclic) bond motifs is 1. The molecular formula is C28H37N3O3. The minimum absolute atomic E-state index is 0.111. The summed E-state index contributed by atoms with van der Waals surface area (Å²) in [7, 11) is 1.60. The van der Waals surface area contributed by atoms with Gasteiger partial charge in [0.15, 0.2) is 0 Å². The smallest absolute Gasteiger partial charge is 0.266 e. The molecule has 1 aromatic heterocycles. The van der Waals surface area contributed by atoms with Crippen molar-refractivity contribution in [3.63, 3.8) is 0 Å². The Bertz CT molecular complexity index is 1160. The number of ether oxygens (including phenoxy) is 1. The van der Waals surface area contributed by atoms with Crippen molar-refractivity contribution < 1.29 is 9.53 Å². The van der Waals surface area contributed by atoms with Gasteiger partial charge in [-0.2, -0.15) is 0 Å². The van der Waals surface area contributed by atoms with Crippen molar-refractivity contribution in [2.75, 3.05) is 13.7 Å². The molecule has 1 atom stereocenters. The van der Waals surface area contributed by atoms with Gasteiger partial charge >= 0.3 is 0 Å². The van der Waals surface area contributed by atoms with Crippen LogP contribution in [0.1, 0.15) is 77.6 Å². The van der Waals surface area contributed by atoms with E-state index in [1.807, 2.05) is 54.3 Å². The van der Waals surface area contributed by atoms with Gasteiger partial charge in [0.25, 0.3) is 5.56 Å². The van der Waals surface area contributed by atoms with E-state index in [0.29, 0.717) is 47.6 Å². The second-order valence-corrected chi connectivity index (χ2v) is 8.62. The molecule has 0 spiro atoms. The maximum atomic E-state index is 13.8. The number of carbonyl (C=O) groups excluding carboxylic acids is 1. The number of benzene rings is 2. The summed E-state index contributed by atoms with van der Waals surface area (Å²) < 4.78 is 7.25. The topological polar surface area (TPSA) is 64.4 Å². The molecule has 0 radical (unpaired) electrons. The number of unbranched alkanes of at least 4 members (excludes halogenated alkanes) is 3. The van der Waals surface area contributed by atoms with Crippen LogP contribution < -0.4 is 10.3 Å². The molecule has 0 saturated heterocycles. The first kappa shape index (κ1) is 25.5. The Balaban J connectivity index is 2.23. The van der Waals surface area contributed by atoms with Crippen LogP contribution in [0.4, 0.5) is 0 Å². The molecule has 1 heterocycles. The third-order valence-electron chi connectivity index (χ3n) is 6.23. The molecule has 0 aliphatic carbocycles. The van der Waals surface area contributed by atoms with Gasteiger partial charge in [-0.25, -0.2) is 4.98 Å². The molecule has 6 heteroatoms. The molecule has 0 aliphatic heterocycles. The fourth-order valence-electron chi connectivity index (χ4n) is 4.48. The van der Waals surface area contributed by atoms with Crippen LogP contribution in [0.5, 0.6) is 5.75 Å². The summed E-state index contributed by atoms with van der Waals surface area (Å²) >= 11 is 0. The lowest BCUT2D eigenvalue weighted by molar-refractivity contribution is -0.134. The Morgan fingerprint density at radius 3 is 2.44 bits per heavy atom. The minimum Gasteiger partial charge on any atom is -0.495 e. The summed E-state index contributed by atoms with van der Waals surface area (Å²) in [5, 5.41) is 0.543. The van der Waals surface area contributed by atoms with E-state index in [2.05, 4.69) is 13.8 Å². The Morgan fingerprint density at radius 1 is 1.00 bits per heavy atom. The summed E-state index contributed by atoms with van der Waals surface area (Å²) in [4.78, 5) is 34.0. The second kappa shape index (κ2) is 12.4. The van der Waals surface area contributed by atoms with Gasteiger partial charge in [-0.1, -0.05) is 64.3 Å². The molecule has 34 heavy (non-hydrogen) atoms. The molecule has 3 rings (SSSR count). The zero-order valence-electron chi connectivity index (χ0n) is 20.9. The fourth-order valence-corrected chi connectivity index (χ4v) is 4.48. The minimum atomic E-state index is -0.317.